The van der Waals surface area contributed by atoms with Crippen LogP contribution in [0.25, 0.3) is 0 Å². The van der Waals surface area contributed by atoms with Gasteiger partial charge in [-0.15, -0.1) is 11.3 Å². The first kappa shape index (κ1) is 13.5. The minimum Gasteiger partial charge on any atom is -0.324 e. The van der Waals surface area contributed by atoms with Crippen molar-refractivity contribution in [3.8, 4) is 0 Å². The Hall–Kier alpha value is -0.900. The van der Waals surface area contributed by atoms with Crippen molar-refractivity contribution >= 4 is 22.9 Å². The average Bonchev–Trinajstić information content (AvgIpc) is 2.57. The fourth-order valence-corrected chi connectivity index (χ4v) is 3.20. The van der Waals surface area contributed by atoms with Crippen molar-refractivity contribution < 1.29 is 0 Å². The number of thiazole rings is 1. The Balaban J connectivity index is 2.19. The van der Waals surface area contributed by atoms with Crippen LogP contribution in [0.5, 0.6) is 0 Å². The molecular weight excluding hydrogens is 264 g/mol. The van der Waals surface area contributed by atoms with Crippen molar-refractivity contribution in [2.24, 2.45) is 5.73 Å². The number of aromatic nitrogens is 1. The zero-order chi connectivity index (χ0) is 13.3. The maximum atomic E-state index is 6.26. The molecule has 0 aliphatic rings. The lowest BCUT2D eigenvalue weighted by Crippen LogP contribution is -2.14. The summed E-state index contributed by atoms with van der Waals surface area (Å²) >= 11 is 7.68. The van der Waals surface area contributed by atoms with E-state index in [0.717, 1.165) is 33.3 Å². The summed E-state index contributed by atoms with van der Waals surface area (Å²) in [4.78, 5) is 5.80. The molecule has 1 aromatic heterocycles. The molecule has 1 atom stereocenters. The summed E-state index contributed by atoms with van der Waals surface area (Å²) in [7, 11) is 0. The molecule has 2 nitrogen and oxygen atoms in total. The van der Waals surface area contributed by atoms with Gasteiger partial charge in [0.25, 0.3) is 0 Å². The van der Waals surface area contributed by atoms with Gasteiger partial charge in [-0.3, -0.25) is 0 Å². The molecular formula is C14H17ClN2S. The van der Waals surface area contributed by atoms with Crippen LogP contribution < -0.4 is 5.73 Å². The third-order valence-corrected chi connectivity index (χ3v) is 4.43. The van der Waals surface area contributed by atoms with Crippen molar-refractivity contribution in [2.45, 2.75) is 33.2 Å². The molecule has 0 radical (unpaired) electrons. The molecule has 0 aliphatic carbocycles. The number of rotatable bonds is 3. The molecule has 0 saturated carbocycles. The van der Waals surface area contributed by atoms with Gasteiger partial charge in [-0.2, -0.15) is 0 Å². The highest BCUT2D eigenvalue weighted by Gasteiger charge is 2.13. The van der Waals surface area contributed by atoms with Crippen LogP contribution in [-0.4, -0.2) is 4.98 Å². The topological polar surface area (TPSA) is 38.9 Å². The molecule has 0 fully saturated rings. The van der Waals surface area contributed by atoms with Gasteiger partial charge in [0.15, 0.2) is 0 Å². The van der Waals surface area contributed by atoms with E-state index < -0.39 is 0 Å². The number of benzene rings is 1. The second-order valence-electron chi connectivity index (χ2n) is 4.56. The minimum absolute atomic E-state index is 0.0211. The highest BCUT2D eigenvalue weighted by molar-refractivity contribution is 7.11. The molecule has 2 aromatic rings. The first-order valence-electron chi connectivity index (χ1n) is 5.92. The maximum Gasteiger partial charge on any atom is 0.0949 e. The molecule has 96 valence electrons. The molecule has 2 rings (SSSR count). The second-order valence-corrected chi connectivity index (χ2v) is 6.28. The highest BCUT2D eigenvalue weighted by Crippen LogP contribution is 2.25. The van der Waals surface area contributed by atoms with Gasteiger partial charge >= 0.3 is 0 Å². The Morgan fingerprint density at radius 2 is 2.06 bits per heavy atom. The van der Waals surface area contributed by atoms with E-state index in [1.807, 2.05) is 32.0 Å². The minimum atomic E-state index is -0.0211. The Labute approximate surface area is 117 Å². The van der Waals surface area contributed by atoms with E-state index in [-0.39, 0.29) is 6.04 Å². The zero-order valence-corrected chi connectivity index (χ0v) is 12.4. The third kappa shape index (κ3) is 2.91. The highest BCUT2D eigenvalue weighted by atomic mass is 35.5. The molecule has 0 amide bonds. The van der Waals surface area contributed by atoms with Gasteiger partial charge in [-0.1, -0.05) is 17.7 Å². The van der Waals surface area contributed by atoms with E-state index in [0.29, 0.717) is 0 Å². The molecule has 0 spiro atoms. The number of aryl methyl sites for hydroxylation is 3. The summed E-state index contributed by atoms with van der Waals surface area (Å²) in [6.45, 7) is 6.17. The molecule has 0 bridgehead atoms. The quantitative estimate of drug-likeness (QED) is 0.924. The van der Waals surface area contributed by atoms with E-state index in [9.17, 15) is 0 Å². The summed E-state index contributed by atoms with van der Waals surface area (Å²) in [6.07, 6.45) is 0.780. The standard InChI is InChI=1S/C14H17ClN2S/c1-8-6-11(15)4-5-12(8)13(16)7-14-17-9(2)10(3)18-14/h4-6,13H,7,16H2,1-3H3. The monoisotopic (exact) mass is 280 g/mol. The van der Waals surface area contributed by atoms with Crippen LogP contribution in [0.2, 0.25) is 5.02 Å². The summed E-state index contributed by atoms with van der Waals surface area (Å²) in [5, 5.41) is 1.86. The fraction of sp³-hybridized carbons (Fsp3) is 0.357. The Bertz CT molecular complexity index is 543. The Morgan fingerprint density at radius 3 is 2.61 bits per heavy atom. The number of halogens is 1. The lowest BCUT2D eigenvalue weighted by atomic mass is 10.00. The number of nitrogens with zero attached hydrogens (tertiary/aromatic N) is 1. The predicted octanol–water partition coefficient (Wildman–Crippen LogP) is 3.96. The van der Waals surface area contributed by atoms with Crippen LogP contribution in [0.1, 0.15) is 32.7 Å². The zero-order valence-electron chi connectivity index (χ0n) is 10.8. The molecule has 1 heterocycles. The molecule has 0 saturated heterocycles. The van der Waals surface area contributed by atoms with Gasteiger partial charge in [0.05, 0.1) is 10.7 Å². The van der Waals surface area contributed by atoms with Gasteiger partial charge in [0, 0.05) is 22.4 Å². The number of nitrogens with two attached hydrogens (primary N) is 1. The van der Waals surface area contributed by atoms with Crippen LogP contribution in [0.15, 0.2) is 18.2 Å². The van der Waals surface area contributed by atoms with E-state index in [4.69, 9.17) is 17.3 Å². The Morgan fingerprint density at radius 1 is 1.33 bits per heavy atom. The molecule has 1 unspecified atom stereocenters. The lowest BCUT2D eigenvalue weighted by molar-refractivity contribution is 0.711. The first-order chi connectivity index (χ1) is 8.47. The van der Waals surface area contributed by atoms with E-state index in [1.54, 1.807) is 11.3 Å². The van der Waals surface area contributed by atoms with Gasteiger partial charge in [-0.25, -0.2) is 4.98 Å². The van der Waals surface area contributed by atoms with Crippen molar-refractivity contribution in [1.29, 1.82) is 0 Å². The largest absolute Gasteiger partial charge is 0.324 e. The van der Waals surface area contributed by atoms with Gasteiger partial charge in [0.1, 0.15) is 0 Å². The van der Waals surface area contributed by atoms with Crippen LogP contribution in [0.4, 0.5) is 0 Å². The van der Waals surface area contributed by atoms with E-state index in [1.165, 1.54) is 4.88 Å². The summed E-state index contributed by atoms with van der Waals surface area (Å²) < 4.78 is 0. The summed E-state index contributed by atoms with van der Waals surface area (Å²) in [5.74, 6) is 0. The predicted molar refractivity (Wildman–Crippen MR) is 78.4 cm³/mol. The van der Waals surface area contributed by atoms with Crippen molar-refractivity contribution in [2.75, 3.05) is 0 Å². The maximum absolute atomic E-state index is 6.26. The SMILES string of the molecule is Cc1cc(Cl)ccc1C(N)Cc1nc(C)c(C)s1. The van der Waals surface area contributed by atoms with Crippen LogP contribution in [-0.2, 0) is 6.42 Å². The third-order valence-electron chi connectivity index (χ3n) is 3.10. The molecule has 0 aliphatic heterocycles. The summed E-state index contributed by atoms with van der Waals surface area (Å²) in [6, 6.07) is 5.83. The van der Waals surface area contributed by atoms with E-state index in [2.05, 4.69) is 11.9 Å². The number of hydrogen-bond acceptors (Lipinski definition) is 3. The van der Waals surface area contributed by atoms with Crippen LogP contribution in [0.3, 0.4) is 0 Å². The van der Waals surface area contributed by atoms with Crippen LogP contribution in [0, 0.1) is 20.8 Å². The molecule has 4 heteroatoms. The summed E-state index contributed by atoms with van der Waals surface area (Å²) in [5.41, 5.74) is 9.65. The van der Waals surface area contributed by atoms with Crippen molar-refractivity contribution in [3.63, 3.8) is 0 Å². The lowest BCUT2D eigenvalue weighted by Gasteiger charge is -2.13. The first-order valence-corrected chi connectivity index (χ1v) is 7.11. The molecule has 1 aromatic carbocycles. The smallest absolute Gasteiger partial charge is 0.0949 e. The van der Waals surface area contributed by atoms with Gasteiger partial charge in [0.2, 0.25) is 0 Å². The van der Waals surface area contributed by atoms with Gasteiger partial charge < -0.3 is 5.73 Å². The molecule has 2 N–H and O–H groups in total. The fourth-order valence-electron chi connectivity index (χ4n) is 1.98. The normalized spacial score (nSPS) is 12.7. The van der Waals surface area contributed by atoms with Crippen molar-refractivity contribution in [3.05, 3.63) is 49.9 Å². The van der Waals surface area contributed by atoms with E-state index >= 15 is 0 Å². The molecule has 18 heavy (non-hydrogen) atoms. The second kappa shape index (κ2) is 5.39. The van der Waals surface area contributed by atoms with Crippen molar-refractivity contribution in [1.82, 2.24) is 4.98 Å². The Kier molecular flexibility index (Phi) is 4.05. The van der Waals surface area contributed by atoms with Crippen LogP contribution >= 0.6 is 22.9 Å². The number of hydrogen-bond donors (Lipinski definition) is 1. The van der Waals surface area contributed by atoms with Gasteiger partial charge in [-0.05, 0) is 44.0 Å². The average molecular weight is 281 g/mol.